The van der Waals surface area contributed by atoms with Crippen LogP contribution in [0.25, 0.3) is 0 Å². The normalized spacial score (nSPS) is 18.8. The van der Waals surface area contributed by atoms with Gasteiger partial charge in [-0.3, -0.25) is 9.69 Å². The Kier molecular flexibility index (Phi) is 4.44. The van der Waals surface area contributed by atoms with E-state index in [1.165, 1.54) is 6.07 Å². The standard InChI is InChI=1S/C13H16F2N2O2/c14-9-3-1-4-10(15)11(9)12(13(18)19)17-7-2-5-16-6-8-17/h1,3-4,12,16H,2,5-8H2,(H,18,19). The molecule has 19 heavy (non-hydrogen) atoms. The molecular weight excluding hydrogens is 254 g/mol. The number of hydrogen-bond donors (Lipinski definition) is 2. The SMILES string of the molecule is O=C(O)C(c1c(F)cccc1F)N1CCCNCC1. The summed E-state index contributed by atoms with van der Waals surface area (Å²) in [4.78, 5) is 13.0. The fourth-order valence-electron chi connectivity index (χ4n) is 2.36. The van der Waals surface area contributed by atoms with Gasteiger partial charge in [-0.15, -0.1) is 0 Å². The summed E-state index contributed by atoms with van der Waals surface area (Å²) in [7, 11) is 0. The van der Waals surface area contributed by atoms with Gasteiger partial charge in [0, 0.05) is 19.6 Å². The summed E-state index contributed by atoms with van der Waals surface area (Å²) in [6.07, 6.45) is 0.750. The van der Waals surface area contributed by atoms with Gasteiger partial charge in [0.05, 0.1) is 5.56 Å². The highest BCUT2D eigenvalue weighted by Gasteiger charge is 2.32. The molecule has 1 aromatic carbocycles. The average molecular weight is 270 g/mol. The largest absolute Gasteiger partial charge is 0.480 e. The van der Waals surface area contributed by atoms with Crippen LogP contribution in [-0.4, -0.2) is 42.2 Å². The number of carbonyl (C=O) groups is 1. The first-order valence-electron chi connectivity index (χ1n) is 6.22. The number of hydrogen-bond acceptors (Lipinski definition) is 3. The van der Waals surface area contributed by atoms with E-state index < -0.39 is 23.6 Å². The predicted molar refractivity (Wildman–Crippen MR) is 65.8 cm³/mol. The van der Waals surface area contributed by atoms with Crippen LogP contribution in [0.1, 0.15) is 18.0 Å². The van der Waals surface area contributed by atoms with Crippen LogP contribution >= 0.6 is 0 Å². The van der Waals surface area contributed by atoms with Gasteiger partial charge in [0.1, 0.15) is 17.7 Å². The van der Waals surface area contributed by atoms with Crippen LogP contribution in [-0.2, 0) is 4.79 Å². The van der Waals surface area contributed by atoms with Gasteiger partial charge in [-0.25, -0.2) is 8.78 Å². The molecule has 1 atom stereocenters. The van der Waals surface area contributed by atoms with Gasteiger partial charge in [0.2, 0.25) is 0 Å². The second-order valence-electron chi connectivity index (χ2n) is 4.52. The lowest BCUT2D eigenvalue weighted by atomic mass is 10.0. The van der Waals surface area contributed by atoms with E-state index in [0.29, 0.717) is 19.6 Å². The third-order valence-corrected chi connectivity index (χ3v) is 3.25. The molecule has 0 amide bonds. The van der Waals surface area contributed by atoms with Gasteiger partial charge in [-0.1, -0.05) is 6.07 Å². The summed E-state index contributed by atoms with van der Waals surface area (Å²) in [6.45, 7) is 2.34. The fourth-order valence-corrected chi connectivity index (χ4v) is 2.36. The molecule has 2 N–H and O–H groups in total. The number of halogens is 2. The van der Waals surface area contributed by atoms with Crippen LogP contribution < -0.4 is 5.32 Å². The Bertz CT molecular complexity index is 440. The number of rotatable bonds is 3. The number of benzene rings is 1. The van der Waals surface area contributed by atoms with Crippen molar-refractivity contribution in [2.75, 3.05) is 26.2 Å². The van der Waals surface area contributed by atoms with Crippen molar-refractivity contribution in [3.05, 3.63) is 35.4 Å². The minimum absolute atomic E-state index is 0.378. The first-order valence-corrected chi connectivity index (χ1v) is 6.22. The summed E-state index contributed by atoms with van der Waals surface area (Å²) in [5.74, 6) is -2.86. The second-order valence-corrected chi connectivity index (χ2v) is 4.52. The Morgan fingerprint density at radius 1 is 1.26 bits per heavy atom. The third kappa shape index (κ3) is 3.08. The smallest absolute Gasteiger partial charge is 0.325 e. The summed E-state index contributed by atoms with van der Waals surface area (Å²) in [5.41, 5.74) is -0.378. The molecule has 104 valence electrons. The van der Waals surface area contributed by atoms with E-state index in [1.54, 1.807) is 4.90 Å². The molecule has 0 aromatic heterocycles. The van der Waals surface area contributed by atoms with Crippen LogP contribution in [0.3, 0.4) is 0 Å². The molecule has 1 unspecified atom stereocenters. The maximum atomic E-state index is 13.8. The summed E-state index contributed by atoms with van der Waals surface area (Å²) >= 11 is 0. The Morgan fingerprint density at radius 3 is 2.58 bits per heavy atom. The molecule has 1 aliphatic heterocycles. The number of carboxylic acids is 1. The van der Waals surface area contributed by atoms with Crippen molar-refractivity contribution in [3.8, 4) is 0 Å². The van der Waals surface area contributed by atoms with E-state index in [1.807, 2.05) is 0 Å². The van der Waals surface area contributed by atoms with E-state index in [-0.39, 0.29) is 5.56 Å². The molecule has 1 fully saturated rings. The van der Waals surface area contributed by atoms with E-state index in [0.717, 1.165) is 25.1 Å². The number of aliphatic carboxylic acids is 1. The zero-order valence-corrected chi connectivity index (χ0v) is 10.4. The van der Waals surface area contributed by atoms with Crippen molar-refractivity contribution in [3.63, 3.8) is 0 Å². The third-order valence-electron chi connectivity index (χ3n) is 3.25. The molecule has 0 spiro atoms. The average Bonchev–Trinajstić information content (AvgIpc) is 2.62. The van der Waals surface area contributed by atoms with Gasteiger partial charge >= 0.3 is 5.97 Å². The lowest BCUT2D eigenvalue weighted by molar-refractivity contribution is -0.143. The molecule has 1 aliphatic rings. The minimum atomic E-state index is -1.28. The molecule has 1 heterocycles. The van der Waals surface area contributed by atoms with E-state index >= 15 is 0 Å². The fraction of sp³-hybridized carbons (Fsp3) is 0.462. The topological polar surface area (TPSA) is 52.6 Å². The summed E-state index contributed by atoms with van der Waals surface area (Å²) in [6, 6.07) is 2.13. The zero-order valence-electron chi connectivity index (χ0n) is 10.4. The van der Waals surface area contributed by atoms with Crippen LogP contribution in [0.4, 0.5) is 8.78 Å². The Morgan fingerprint density at radius 2 is 1.95 bits per heavy atom. The Labute approximate surface area is 110 Å². The van der Waals surface area contributed by atoms with Crippen molar-refractivity contribution in [1.82, 2.24) is 10.2 Å². The van der Waals surface area contributed by atoms with Crippen molar-refractivity contribution in [1.29, 1.82) is 0 Å². The molecule has 0 bridgehead atoms. The van der Waals surface area contributed by atoms with Crippen molar-refractivity contribution >= 4 is 5.97 Å². The molecule has 2 rings (SSSR count). The van der Waals surface area contributed by atoms with Crippen LogP contribution in [0.2, 0.25) is 0 Å². The van der Waals surface area contributed by atoms with Gasteiger partial charge in [-0.05, 0) is 25.1 Å². The maximum absolute atomic E-state index is 13.8. The lowest BCUT2D eigenvalue weighted by Gasteiger charge is -2.27. The number of nitrogens with zero attached hydrogens (tertiary/aromatic N) is 1. The van der Waals surface area contributed by atoms with Crippen LogP contribution in [0.5, 0.6) is 0 Å². The molecule has 6 heteroatoms. The van der Waals surface area contributed by atoms with Gasteiger partial charge in [0.25, 0.3) is 0 Å². The number of nitrogens with one attached hydrogen (secondary N) is 1. The first kappa shape index (κ1) is 13.9. The van der Waals surface area contributed by atoms with E-state index in [2.05, 4.69) is 5.32 Å². The Hall–Kier alpha value is -1.53. The van der Waals surface area contributed by atoms with Crippen LogP contribution in [0, 0.1) is 11.6 Å². The maximum Gasteiger partial charge on any atom is 0.325 e. The van der Waals surface area contributed by atoms with Crippen molar-refractivity contribution in [2.24, 2.45) is 0 Å². The zero-order chi connectivity index (χ0) is 13.8. The van der Waals surface area contributed by atoms with Gasteiger partial charge in [0.15, 0.2) is 0 Å². The van der Waals surface area contributed by atoms with Crippen molar-refractivity contribution in [2.45, 2.75) is 12.5 Å². The summed E-state index contributed by atoms with van der Waals surface area (Å²) < 4.78 is 27.5. The van der Waals surface area contributed by atoms with Crippen molar-refractivity contribution < 1.29 is 18.7 Å². The lowest BCUT2D eigenvalue weighted by Crippen LogP contribution is -2.37. The van der Waals surface area contributed by atoms with Gasteiger partial charge < -0.3 is 10.4 Å². The minimum Gasteiger partial charge on any atom is -0.480 e. The predicted octanol–water partition coefficient (Wildman–Crippen LogP) is 1.39. The second kappa shape index (κ2) is 6.08. The highest BCUT2D eigenvalue weighted by molar-refractivity contribution is 5.75. The van der Waals surface area contributed by atoms with Crippen LogP contribution in [0.15, 0.2) is 18.2 Å². The van der Waals surface area contributed by atoms with Gasteiger partial charge in [-0.2, -0.15) is 0 Å². The molecule has 0 saturated carbocycles. The highest BCUT2D eigenvalue weighted by atomic mass is 19.1. The monoisotopic (exact) mass is 270 g/mol. The molecule has 0 aliphatic carbocycles. The molecule has 4 nitrogen and oxygen atoms in total. The highest BCUT2D eigenvalue weighted by Crippen LogP contribution is 2.26. The molecule has 1 aromatic rings. The summed E-state index contributed by atoms with van der Waals surface area (Å²) in [5, 5.41) is 12.5. The number of carboxylic acid groups (broad SMARTS) is 1. The molecule has 1 saturated heterocycles. The van der Waals surface area contributed by atoms with E-state index in [9.17, 15) is 18.7 Å². The van der Waals surface area contributed by atoms with E-state index in [4.69, 9.17) is 0 Å². The quantitative estimate of drug-likeness (QED) is 0.871. The Balaban J connectivity index is 2.36. The molecular formula is C13H16F2N2O2. The molecule has 0 radical (unpaired) electrons. The first-order chi connectivity index (χ1) is 9.11.